The van der Waals surface area contributed by atoms with Crippen molar-refractivity contribution in [3.8, 4) is 0 Å². The van der Waals surface area contributed by atoms with Crippen LogP contribution in [0.3, 0.4) is 0 Å². The van der Waals surface area contributed by atoms with E-state index in [1.807, 2.05) is 0 Å². The minimum atomic E-state index is 0. The Balaban J connectivity index is 0.00000200. The van der Waals surface area contributed by atoms with E-state index < -0.39 is 0 Å². The molecule has 0 aromatic carbocycles. The second kappa shape index (κ2) is 8.20. The highest BCUT2D eigenvalue weighted by atomic mass is 35.5. The minimum Gasteiger partial charge on any atom is -0.338 e. The third-order valence-electron chi connectivity index (χ3n) is 4.68. The Kier molecular flexibility index (Phi) is 7.27. The molecule has 2 fully saturated rings. The van der Waals surface area contributed by atoms with E-state index in [0.29, 0.717) is 24.3 Å². The minimum absolute atomic E-state index is 0. The number of nitrogens with zero attached hydrogens (tertiary/aromatic N) is 2. The van der Waals surface area contributed by atoms with Crippen LogP contribution in [0, 0.1) is 5.92 Å². The van der Waals surface area contributed by atoms with Gasteiger partial charge in [-0.05, 0) is 45.7 Å². The van der Waals surface area contributed by atoms with Crippen molar-refractivity contribution in [1.29, 1.82) is 0 Å². The fourth-order valence-corrected chi connectivity index (χ4v) is 3.61. The molecule has 2 rings (SSSR count). The lowest BCUT2D eigenvalue weighted by Crippen LogP contribution is -2.44. The molecular formula is C15H30ClN3O. The van der Waals surface area contributed by atoms with Crippen molar-refractivity contribution >= 4 is 18.3 Å². The molecule has 5 heteroatoms. The first-order valence-electron chi connectivity index (χ1n) is 7.77. The number of nitrogens with two attached hydrogens (primary N) is 1. The maximum atomic E-state index is 12.5. The molecule has 1 aliphatic heterocycles. The van der Waals surface area contributed by atoms with Gasteiger partial charge in [0, 0.05) is 31.6 Å². The summed E-state index contributed by atoms with van der Waals surface area (Å²) in [7, 11) is 4.16. The summed E-state index contributed by atoms with van der Waals surface area (Å²) >= 11 is 0. The van der Waals surface area contributed by atoms with Crippen molar-refractivity contribution in [3.63, 3.8) is 0 Å². The van der Waals surface area contributed by atoms with E-state index in [1.54, 1.807) is 0 Å². The van der Waals surface area contributed by atoms with Crippen molar-refractivity contribution in [1.82, 2.24) is 9.80 Å². The normalized spacial score (nSPS) is 30.4. The zero-order chi connectivity index (χ0) is 13.8. The average Bonchev–Trinajstić information content (AvgIpc) is 2.79. The van der Waals surface area contributed by atoms with Gasteiger partial charge in [-0.15, -0.1) is 12.4 Å². The van der Waals surface area contributed by atoms with Crippen LogP contribution in [0.1, 0.15) is 44.9 Å². The van der Waals surface area contributed by atoms with Crippen LogP contribution in [0.25, 0.3) is 0 Å². The van der Waals surface area contributed by atoms with Gasteiger partial charge in [-0.25, -0.2) is 0 Å². The molecule has 1 saturated heterocycles. The van der Waals surface area contributed by atoms with Gasteiger partial charge < -0.3 is 15.5 Å². The van der Waals surface area contributed by atoms with Crippen molar-refractivity contribution in [3.05, 3.63) is 0 Å². The van der Waals surface area contributed by atoms with Gasteiger partial charge in [-0.2, -0.15) is 0 Å². The van der Waals surface area contributed by atoms with E-state index in [-0.39, 0.29) is 18.4 Å². The Morgan fingerprint density at radius 2 is 1.90 bits per heavy atom. The van der Waals surface area contributed by atoms with Crippen LogP contribution >= 0.6 is 12.4 Å². The zero-order valence-electron chi connectivity index (χ0n) is 12.9. The number of likely N-dealkylation sites (N-methyl/N-ethyl adjacent to an activating group) is 1. The predicted octanol–water partition coefficient (Wildman–Crippen LogP) is 1.87. The summed E-state index contributed by atoms with van der Waals surface area (Å²) in [6.45, 7) is 1.93. The highest BCUT2D eigenvalue weighted by molar-refractivity contribution is 5.85. The van der Waals surface area contributed by atoms with Crippen molar-refractivity contribution in [2.45, 2.75) is 57.0 Å². The monoisotopic (exact) mass is 303 g/mol. The van der Waals surface area contributed by atoms with E-state index in [9.17, 15) is 4.79 Å². The fraction of sp³-hybridized carbons (Fsp3) is 0.933. The second-order valence-corrected chi connectivity index (χ2v) is 6.56. The quantitative estimate of drug-likeness (QED) is 0.862. The average molecular weight is 304 g/mol. The molecule has 1 heterocycles. The number of hydrogen-bond donors (Lipinski definition) is 1. The first kappa shape index (κ1) is 17.7. The molecule has 0 aromatic heterocycles. The first-order valence-corrected chi connectivity index (χ1v) is 7.77. The largest absolute Gasteiger partial charge is 0.338 e. The molecule has 0 radical (unpaired) electrons. The van der Waals surface area contributed by atoms with Gasteiger partial charge in [-0.1, -0.05) is 12.8 Å². The molecule has 3 unspecified atom stereocenters. The van der Waals surface area contributed by atoms with Crippen LogP contribution < -0.4 is 5.73 Å². The van der Waals surface area contributed by atoms with Crippen LogP contribution in [0.2, 0.25) is 0 Å². The predicted molar refractivity (Wildman–Crippen MR) is 85.1 cm³/mol. The molecule has 2 N–H and O–H groups in total. The van der Waals surface area contributed by atoms with E-state index in [1.165, 1.54) is 12.8 Å². The summed E-state index contributed by atoms with van der Waals surface area (Å²) in [6.07, 6.45) is 7.69. The maximum Gasteiger partial charge on any atom is 0.223 e. The Bertz CT molecular complexity index is 311. The third kappa shape index (κ3) is 4.61. The van der Waals surface area contributed by atoms with Crippen molar-refractivity contribution < 1.29 is 4.79 Å². The molecule has 1 amide bonds. The molecular weight excluding hydrogens is 274 g/mol. The highest BCUT2D eigenvalue weighted by Crippen LogP contribution is 2.28. The lowest BCUT2D eigenvalue weighted by Gasteiger charge is -2.32. The molecule has 118 valence electrons. The van der Waals surface area contributed by atoms with Gasteiger partial charge >= 0.3 is 0 Å². The topological polar surface area (TPSA) is 49.6 Å². The summed E-state index contributed by atoms with van der Waals surface area (Å²) in [6, 6.07) is 0.662. The molecule has 1 saturated carbocycles. The van der Waals surface area contributed by atoms with Crippen LogP contribution in [-0.2, 0) is 4.79 Å². The van der Waals surface area contributed by atoms with Gasteiger partial charge in [-0.3, -0.25) is 4.79 Å². The zero-order valence-corrected chi connectivity index (χ0v) is 13.7. The molecule has 20 heavy (non-hydrogen) atoms. The number of halogens is 1. The first-order chi connectivity index (χ1) is 9.08. The van der Waals surface area contributed by atoms with Gasteiger partial charge in [0.15, 0.2) is 0 Å². The molecule has 3 atom stereocenters. The lowest BCUT2D eigenvalue weighted by atomic mass is 9.82. The Hall–Kier alpha value is -0.320. The van der Waals surface area contributed by atoms with Gasteiger partial charge in [0.2, 0.25) is 5.91 Å². The number of amides is 1. The third-order valence-corrected chi connectivity index (χ3v) is 4.68. The van der Waals surface area contributed by atoms with Gasteiger partial charge in [0.25, 0.3) is 0 Å². The van der Waals surface area contributed by atoms with E-state index in [0.717, 1.165) is 38.8 Å². The van der Waals surface area contributed by atoms with Gasteiger partial charge in [0.05, 0.1) is 0 Å². The summed E-state index contributed by atoms with van der Waals surface area (Å²) < 4.78 is 0. The highest BCUT2D eigenvalue weighted by Gasteiger charge is 2.32. The van der Waals surface area contributed by atoms with Crippen LogP contribution in [0.4, 0.5) is 0 Å². The summed E-state index contributed by atoms with van der Waals surface area (Å²) in [5.74, 6) is 0.758. The van der Waals surface area contributed by atoms with E-state index >= 15 is 0 Å². The van der Waals surface area contributed by atoms with Crippen molar-refractivity contribution in [2.75, 3.05) is 27.2 Å². The molecule has 0 aromatic rings. The number of carbonyl (C=O) groups is 1. The summed E-state index contributed by atoms with van der Waals surface area (Å²) in [5, 5.41) is 0. The fourth-order valence-electron chi connectivity index (χ4n) is 3.61. The molecule has 1 aliphatic carbocycles. The summed E-state index contributed by atoms with van der Waals surface area (Å²) in [5.41, 5.74) is 6.16. The number of carbonyl (C=O) groups excluding carboxylic acids is 1. The number of likely N-dealkylation sites (tertiary alicyclic amines) is 1. The number of rotatable bonds is 4. The lowest BCUT2D eigenvalue weighted by molar-refractivity contribution is -0.133. The summed E-state index contributed by atoms with van der Waals surface area (Å²) in [4.78, 5) is 16.8. The second-order valence-electron chi connectivity index (χ2n) is 6.56. The Morgan fingerprint density at radius 1 is 1.20 bits per heavy atom. The molecule has 0 spiro atoms. The SMILES string of the molecule is CN(C)CC1CCCN1C(=O)CC1CCCCC1N.Cl. The van der Waals surface area contributed by atoms with Crippen molar-refractivity contribution in [2.24, 2.45) is 11.7 Å². The van der Waals surface area contributed by atoms with Crippen LogP contribution in [-0.4, -0.2) is 55.0 Å². The van der Waals surface area contributed by atoms with Gasteiger partial charge in [0.1, 0.15) is 0 Å². The van der Waals surface area contributed by atoms with Crippen LogP contribution in [0.5, 0.6) is 0 Å². The molecule has 2 aliphatic rings. The number of hydrogen-bond acceptors (Lipinski definition) is 3. The van der Waals surface area contributed by atoms with E-state index in [2.05, 4.69) is 23.9 Å². The smallest absolute Gasteiger partial charge is 0.223 e. The standard InChI is InChI=1S/C15H29N3O.ClH/c1-17(2)11-13-7-5-9-18(13)15(19)10-12-6-3-4-8-14(12)16;/h12-14H,3-11,16H2,1-2H3;1H. The molecule has 0 bridgehead atoms. The van der Waals surface area contributed by atoms with Crippen LogP contribution in [0.15, 0.2) is 0 Å². The maximum absolute atomic E-state index is 12.5. The Morgan fingerprint density at radius 3 is 2.55 bits per heavy atom. The van der Waals surface area contributed by atoms with E-state index in [4.69, 9.17) is 5.73 Å². The Labute approximate surface area is 129 Å². The molecule has 4 nitrogen and oxygen atoms in total.